The molecule has 0 radical (unpaired) electrons. The van der Waals surface area contributed by atoms with Crippen molar-refractivity contribution in [2.75, 3.05) is 0 Å². The van der Waals surface area contributed by atoms with Gasteiger partial charge in [-0.3, -0.25) is 4.79 Å². The quantitative estimate of drug-likeness (QED) is 0.460. The second-order valence-corrected chi connectivity index (χ2v) is 3.98. The molecule has 1 aromatic rings. The van der Waals surface area contributed by atoms with Crippen molar-refractivity contribution < 1.29 is 13.6 Å². The van der Waals surface area contributed by atoms with Crippen LogP contribution in [-0.4, -0.2) is 11.3 Å². The monoisotopic (exact) mass is 361 g/mol. The molecule has 1 rings (SSSR count). The molecule has 0 bridgehead atoms. The molecule has 0 aromatic carbocycles. The van der Waals surface area contributed by atoms with E-state index >= 15 is 0 Å². The summed E-state index contributed by atoms with van der Waals surface area (Å²) in [6.45, 7) is 0. The Morgan fingerprint density at radius 1 is 1.62 bits per heavy atom. The van der Waals surface area contributed by atoms with E-state index in [0.29, 0.717) is 14.5 Å². The molecule has 0 saturated heterocycles. The molecule has 13 heavy (non-hydrogen) atoms. The summed E-state index contributed by atoms with van der Waals surface area (Å²) < 4.78 is 25.4. The van der Waals surface area contributed by atoms with Crippen molar-refractivity contribution in [3.05, 3.63) is 25.5 Å². The molecule has 0 aliphatic carbocycles. The minimum absolute atomic E-state index is 0.00234. The van der Waals surface area contributed by atoms with Crippen molar-refractivity contribution in [3.63, 3.8) is 0 Å². The van der Waals surface area contributed by atoms with E-state index in [9.17, 15) is 13.6 Å². The Labute approximate surface area is 95.0 Å². The Kier molecular flexibility index (Phi) is 3.72. The Balaban J connectivity index is 3.38. The van der Waals surface area contributed by atoms with Crippen LogP contribution in [0.5, 0.6) is 0 Å². The summed E-state index contributed by atoms with van der Waals surface area (Å²) in [6, 6.07) is 0. The van der Waals surface area contributed by atoms with Gasteiger partial charge in [-0.25, -0.2) is 13.8 Å². The Morgan fingerprint density at radius 2 is 2.23 bits per heavy atom. The van der Waals surface area contributed by atoms with Crippen LogP contribution in [0.4, 0.5) is 8.78 Å². The van der Waals surface area contributed by atoms with Crippen LogP contribution in [-0.2, 0) is 0 Å². The zero-order valence-corrected chi connectivity index (χ0v) is 9.84. The van der Waals surface area contributed by atoms with E-state index in [4.69, 9.17) is 0 Å². The molecule has 0 amide bonds. The maximum absolute atomic E-state index is 12.3. The van der Waals surface area contributed by atoms with Gasteiger partial charge >= 0.3 is 0 Å². The summed E-state index contributed by atoms with van der Waals surface area (Å²) in [7, 11) is 0. The number of hydrogen-bond donors (Lipinski definition) is 0. The SMILES string of the molecule is O=Cc1c(C(F)F)cnc(Br)c1I. The van der Waals surface area contributed by atoms with Crippen LogP contribution in [0.15, 0.2) is 10.8 Å². The van der Waals surface area contributed by atoms with Crippen LogP contribution in [0.1, 0.15) is 22.3 Å². The third kappa shape index (κ3) is 2.22. The third-order valence-corrected chi connectivity index (χ3v) is 3.83. The predicted octanol–water partition coefficient (Wildman–Crippen LogP) is 3.20. The van der Waals surface area contributed by atoms with Crippen molar-refractivity contribution >= 4 is 44.8 Å². The average molecular weight is 362 g/mol. The predicted molar refractivity (Wildman–Crippen MR) is 55.0 cm³/mol. The second-order valence-electron chi connectivity index (χ2n) is 2.15. The molecular weight excluding hydrogens is 359 g/mol. The highest BCUT2D eigenvalue weighted by Gasteiger charge is 2.17. The molecule has 1 aromatic heterocycles. The first-order valence-corrected chi connectivity index (χ1v) is 5.02. The van der Waals surface area contributed by atoms with Crippen molar-refractivity contribution in [2.24, 2.45) is 0 Å². The first kappa shape index (κ1) is 11.0. The number of rotatable bonds is 2. The number of aromatic nitrogens is 1. The van der Waals surface area contributed by atoms with Crippen LogP contribution < -0.4 is 0 Å². The Bertz CT molecular complexity index is 346. The number of pyridine rings is 1. The van der Waals surface area contributed by atoms with Gasteiger partial charge in [0.2, 0.25) is 0 Å². The molecule has 6 heteroatoms. The fourth-order valence-electron chi connectivity index (χ4n) is 0.784. The van der Waals surface area contributed by atoms with E-state index in [1.54, 1.807) is 22.6 Å². The van der Waals surface area contributed by atoms with Crippen LogP contribution in [0.25, 0.3) is 0 Å². The molecule has 70 valence electrons. The molecule has 0 aliphatic rings. The molecule has 0 unspecified atom stereocenters. The van der Waals surface area contributed by atoms with Crippen LogP contribution in [0.3, 0.4) is 0 Å². The summed E-state index contributed by atoms with van der Waals surface area (Å²) in [5.41, 5.74) is -0.333. The number of aldehydes is 1. The van der Waals surface area contributed by atoms with Gasteiger partial charge in [-0.2, -0.15) is 0 Å². The summed E-state index contributed by atoms with van der Waals surface area (Å²) in [5, 5.41) is 0. The highest BCUT2D eigenvalue weighted by molar-refractivity contribution is 14.1. The molecule has 2 nitrogen and oxygen atoms in total. The maximum atomic E-state index is 12.3. The summed E-state index contributed by atoms with van der Waals surface area (Å²) in [4.78, 5) is 14.2. The minimum Gasteiger partial charge on any atom is -0.298 e. The van der Waals surface area contributed by atoms with Crippen LogP contribution in [0, 0.1) is 3.57 Å². The molecule has 0 saturated carbocycles. The van der Waals surface area contributed by atoms with Gasteiger partial charge in [0, 0.05) is 17.3 Å². The zero-order chi connectivity index (χ0) is 10.0. The van der Waals surface area contributed by atoms with E-state index < -0.39 is 6.43 Å². The average Bonchev–Trinajstić information content (AvgIpc) is 2.09. The van der Waals surface area contributed by atoms with E-state index in [1.165, 1.54) is 0 Å². The number of carbonyl (C=O) groups is 1. The van der Waals surface area contributed by atoms with E-state index in [0.717, 1.165) is 6.20 Å². The number of alkyl halides is 2. The van der Waals surface area contributed by atoms with Gasteiger partial charge in [0.1, 0.15) is 4.60 Å². The van der Waals surface area contributed by atoms with Gasteiger partial charge in [0.15, 0.2) is 6.29 Å². The van der Waals surface area contributed by atoms with E-state index in [2.05, 4.69) is 20.9 Å². The molecule has 1 heterocycles. The lowest BCUT2D eigenvalue weighted by atomic mass is 10.2. The van der Waals surface area contributed by atoms with Gasteiger partial charge in [-0.1, -0.05) is 0 Å². The molecule has 0 atom stereocenters. The van der Waals surface area contributed by atoms with Crippen molar-refractivity contribution in [3.8, 4) is 0 Å². The van der Waals surface area contributed by atoms with Crippen LogP contribution >= 0.6 is 38.5 Å². The van der Waals surface area contributed by atoms with E-state index in [1.807, 2.05) is 0 Å². The zero-order valence-electron chi connectivity index (χ0n) is 6.10. The first-order valence-electron chi connectivity index (χ1n) is 3.15. The molecule has 0 fully saturated rings. The number of halogens is 4. The lowest BCUT2D eigenvalue weighted by molar-refractivity contribution is 0.110. The highest BCUT2D eigenvalue weighted by atomic mass is 127. The minimum atomic E-state index is -2.67. The van der Waals surface area contributed by atoms with Crippen molar-refractivity contribution in [1.29, 1.82) is 0 Å². The second kappa shape index (κ2) is 4.41. The van der Waals surface area contributed by atoms with Crippen molar-refractivity contribution in [1.82, 2.24) is 4.98 Å². The summed E-state index contributed by atoms with van der Waals surface area (Å²) in [6.07, 6.45) is -1.26. The van der Waals surface area contributed by atoms with Gasteiger partial charge in [0.25, 0.3) is 6.43 Å². The normalized spacial score (nSPS) is 10.5. The molecule has 0 aliphatic heterocycles. The molecular formula is C7H3BrF2INO. The topological polar surface area (TPSA) is 30.0 Å². The van der Waals surface area contributed by atoms with Gasteiger partial charge in [0.05, 0.1) is 3.57 Å². The smallest absolute Gasteiger partial charge is 0.266 e. The Morgan fingerprint density at radius 3 is 2.69 bits per heavy atom. The van der Waals surface area contributed by atoms with Crippen molar-refractivity contribution in [2.45, 2.75) is 6.43 Å². The third-order valence-electron chi connectivity index (χ3n) is 1.40. The molecule has 0 N–H and O–H groups in total. The first-order chi connectivity index (χ1) is 6.07. The number of hydrogen-bond acceptors (Lipinski definition) is 2. The van der Waals surface area contributed by atoms with Gasteiger partial charge < -0.3 is 0 Å². The fourth-order valence-corrected chi connectivity index (χ4v) is 1.68. The Hall–Kier alpha value is -0.110. The number of nitrogens with zero attached hydrogens (tertiary/aromatic N) is 1. The maximum Gasteiger partial charge on any atom is 0.266 e. The summed E-state index contributed by atoms with van der Waals surface area (Å²) >= 11 is 4.84. The van der Waals surface area contributed by atoms with Crippen LogP contribution in [0.2, 0.25) is 0 Å². The summed E-state index contributed by atoms with van der Waals surface area (Å²) in [5.74, 6) is 0. The van der Waals surface area contributed by atoms with Gasteiger partial charge in [-0.05, 0) is 38.5 Å². The fraction of sp³-hybridized carbons (Fsp3) is 0.143. The van der Waals surface area contributed by atoms with E-state index in [-0.39, 0.29) is 11.1 Å². The number of carbonyl (C=O) groups excluding carboxylic acids is 1. The largest absolute Gasteiger partial charge is 0.298 e. The molecule has 0 spiro atoms. The van der Waals surface area contributed by atoms with Gasteiger partial charge in [-0.15, -0.1) is 0 Å². The lowest BCUT2D eigenvalue weighted by Gasteiger charge is -2.05. The lowest BCUT2D eigenvalue weighted by Crippen LogP contribution is -1.99. The highest BCUT2D eigenvalue weighted by Crippen LogP contribution is 2.28. The standard InChI is InChI=1S/C7H3BrF2INO/c8-6-5(11)4(2-13)3(1-12-6)7(9)10/h1-2,7H.